The molecule has 4 heteroatoms. The summed E-state index contributed by atoms with van der Waals surface area (Å²) in [5.41, 5.74) is 4.09. The van der Waals surface area contributed by atoms with Crippen molar-refractivity contribution in [3.8, 4) is 0 Å². The number of ether oxygens (including phenoxy) is 1. The van der Waals surface area contributed by atoms with Crippen molar-refractivity contribution < 1.29 is 9.13 Å². The average Bonchev–Trinajstić information content (AvgIpc) is 2.37. The van der Waals surface area contributed by atoms with E-state index in [1.54, 1.807) is 13.0 Å². The minimum absolute atomic E-state index is 0.126. The number of aryl methyl sites for hydroxylation is 1. The summed E-state index contributed by atoms with van der Waals surface area (Å²) in [6, 6.07) is 5.33. The number of rotatable bonds is 3. The van der Waals surface area contributed by atoms with E-state index in [0.717, 1.165) is 26.1 Å². The van der Waals surface area contributed by atoms with Crippen LogP contribution in [-0.2, 0) is 4.74 Å². The van der Waals surface area contributed by atoms with Crippen LogP contribution in [0.25, 0.3) is 0 Å². The van der Waals surface area contributed by atoms with E-state index < -0.39 is 0 Å². The van der Waals surface area contributed by atoms with Crippen LogP contribution in [0.3, 0.4) is 0 Å². The van der Waals surface area contributed by atoms with Gasteiger partial charge in [0, 0.05) is 18.8 Å². The Bertz CT molecular complexity index is 378. The van der Waals surface area contributed by atoms with Crippen LogP contribution in [0.1, 0.15) is 30.0 Å². The van der Waals surface area contributed by atoms with E-state index in [2.05, 4.69) is 5.43 Å². The van der Waals surface area contributed by atoms with E-state index in [9.17, 15) is 4.39 Å². The van der Waals surface area contributed by atoms with Gasteiger partial charge in [0.1, 0.15) is 5.82 Å². The maximum atomic E-state index is 14.1. The van der Waals surface area contributed by atoms with Gasteiger partial charge < -0.3 is 4.74 Å². The van der Waals surface area contributed by atoms with Crippen LogP contribution in [0.5, 0.6) is 0 Å². The van der Waals surface area contributed by atoms with Crippen molar-refractivity contribution in [2.24, 2.45) is 11.8 Å². The lowest BCUT2D eigenvalue weighted by Crippen LogP contribution is -2.36. The summed E-state index contributed by atoms with van der Waals surface area (Å²) in [4.78, 5) is 0. The third kappa shape index (κ3) is 2.65. The van der Waals surface area contributed by atoms with E-state index in [1.165, 1.54) is 0 Å². The van der Waals surface area contributed by atoms with Crippen LogP contribution in [-0.4, -0.2) is 13.2 Å². The number of nitrogens with two attached hydrogens (primary N) is 1. The predicted octanol–water partition coefficient (Wildman–Crippen LogP) is 2.07. The Labute approximate surface area is 101 Å². The van der Waals surface area contributed by atoms with Gasteiger partial charge in [-0.25, -0.2) is 4.39 Å². The fourth-order valence-corrected chi connectivity index (χ4v) is 2.44. The molecule has 0 aliphatic carbocycles. The van der Waals surface area contributed by atoms with E-state index in [4.69, 9.17) is 10.6 Å². The lowest BCUT2D eigenvalue weighted by molar-refractivity contribution is 0.0531. The highest BCUT2D eigenvalue weighted by Crippen LogP contribution is 2.31. The molecule has 1 aromatic rings. The van der Waals surface area contributed by atoms with Gasteiger partial charge in [0.15, 0.2) is 0 Å². The number of hydrogen-bond donors (Lipinski definition) is 2. The zero-order chi connectivity index (χ0) is 12.3. The Balaban J connectivity index is 2.24. The molecule has 0 saturated carbocycles. The smallest absolute Gasteiger partial charge is 0.130 e. The zero-order valence-corrected chi connectivity index (χ0v) is 10.1. The molecular formula is C13H19FN2O. The fraction of sp³-hybridized carbons (Fsp3) is 0.538. The summed E-state index contributed by atoms with van der Waals surface area (Å²) < 4.78 is 19.4. The molecule has 94 valence electrons. The minimum atomic E-state index is -0.151. The monoisotopic (exact) mass is 238 g/mol. The molecule has 1 aromatic carbocycles. The Morgan fingerprint density at radius 3 is 2.76 bits per heavy atom. The number of hydrogen-bond acceptors (Lipinski definition) is 3. The molecule has 1 aliphatic rings. The van der Waals surface area contributed by atoms with Crippen molar-refractivity contribution in [1.29, 1.82) is 0 Å². The van der Waals surface area contributed by atoms with Gasteiger partial charge in [-0.15, -0.1) is 0 Å². The summed E-state index contributed by atoms with van der Waals surface area (Å²) in [6.45, 7) is 3.24. The molecule has 1 saturated heterocycles. The maximum absolute atomic E-state index is 14.1. The highest BCUT2D eigenvalue weighted by atomic mass is 19.1. The van der Waals surface area contributed by atoms with Crippen LogP contribution >= 0.6 is 0 Å². The van der Waals surface area contributed by atoms with Crippen molar-refractivity contribution in [2.75, 3.05) is 13.2 Å². The minimum Gasteiger partial charge on any atom is -0.381 e. The first-order valence-corrected chi connectivity index (χ1v) is 6.03. The molecule has 0 spiro atoms. The van der Waals surface area contributed by atoms with E-state index in [1.807, 2.05) is 12.1 Å². The number of halogens is 1. The van der Waals surface area contributed by atoms with Crippen LogP contribution in [0.15, 0.2) is 18.2 Å². The van der Waals surface area contributed by atoms with Crippen molar-refractivity contribution in [2.45, 2.75) is 25.8 Å². The van der Waals surface area contributed by atoms with Gasteiger partial charge in [-0.2, -0.15) is 0 Å². The van der Waals surface area contributed by atoms with Gasteiger partial charge >= 0.3 is 0 Å². The highest BCUT2D eigenvalue weighted by Gasteiger charge is 2.26. The number of hydrazine groups is 1. The lowest BCUT2D eigenvalue weighted by atomic mass is 9.87. The largest absolute Gasteiger partial charge is 0.381 e. The SMILES string of the molecule is Cc1cccc(C(NN)C2CCOCC2)c1F. The van der Waals surface area contributed by atoms with Gasteiger partial charge in [0.25, 0.3) is 0 Å². The summed E-state index contributed by atoms with van der Waals surface area (Å²) in [7, 11) is 0. The first kappa shape index (κ1) is 12.5. The number of benzene rings is 1. The molecular weight excluding hydrogens is 219 g/mol. The third-order valence-electron chi connectivity index (χ3n) is 3.47. The Hall–Kier alpha value is -0.970. The summed E-state index contributed by atoms with van der Waals surface area (Å²) in [5.74, 6) is 5.78. The van der Waals surface area contributed by atoms with Crippen LogP contribution in [0.2, 0.25) is 0 Å². The second-order valence-electron chi connectivity index (χ2n) is 4.57. The quantitative estimate of drug-likeness (QED) is 0.626. The first-order valence-electron chi connectivity index (χ1n) is 6.03. The van der Waals surface area contributed by atoms with Gasteiger partial charge in [0.05, 0.1) is 6.04 Å². The molecule has 3 nitrogen and oxygen atoms in total. The topological polar surface area (TPSA) is 47.3 Å². The molecule has 0 amide bonds. The van der Waals surface area contributed by atoms with Crippen molar-refractivity contribution in [1.82, 2.24) is 5.43 Å². The van der Waals surface area contributed by atoms with Crippen molar-refractivity contribution in [3.63, 3.8) is 0 Å². The number of nitrogens with one attached hydrogen (secondary N) is 1. The van der Waals surface area contributed by atoms with Gasteiger partial charge in [0.2, 0.25) is 0 Å². The Morgan fingerprint density at radius 1 is 1.41 bits per heavy atom. The Morgan fingerprint density at radius 2 is 2.12 bits per heavy atom. The average molecular weight is 238 g/mol. The van der Waals surface area contributed by atoms with Crippen molar-refractivity contribution >= 4 is 0 Å². The van der Waals surface area contributed by atoms with Crippen molar-refractivity contribution in [3.05, 3.63) is 35.1 Å². The molecule has 0 aromatic heterocycles. The van der Waals surface area contributed by atoms with E-state index >= 15 is 0 Å². The van der Waals surface area contributed by atoms with Gasteiger partial charge in [-0.05, 0) is 31.2 Å². The highest BCUT2D eigenvalue weighted by molar-refractivity contribution is 5.28. The Kier molecular flexibility index (Phi) is 4.10. The molecule has 1 aliphatic heterocycles. The molecule has 2 rings (SSSR count). The molecule has 0 bridgehead atoms. The predicted molar refractivity (Wildman–Crippen MR) is 64.7 cm³/mol. The summed E-state index contributed by atoms with van der Waals surface area (Å²) >= 11 is 0. The van der Waals surface area contributed by atoms with Gasteiger partial charge in [-0.3, -0.25) is 11.3 Å². The molecule has 1 heterocycles. The summed E-state index contributed by atoms with van der Waals surface area (Å²) in [6.07, 6.45) is 1.84. The third-order valence-corrected chi connectivity index (χ3v) is 3.47. The molecule has 1 fully saturated rings. The second-order valence-corrected chi connectivity index (χ2v) is 4.57. The molecule has 3 N–H and O–H groups in total. The molecule has 17 heavy (non-hydrogen) atoms. The van der Waals surface area contributed by atoms with E-state index in [0.29, 0.717) is 17.0 Å². The standard InChI is InChI=1S/C13H19FN2O/c1-9-3-2-4-11(12(9)14)13(16-15)10-5-7-17-8-6-10/h2-4,10,13,16H,5-8,15H2,1H3. The van der Waals surface area contributed by atoms with E-state index in [-0.39, 0.29) is 11.9 Å². The maximum Gasteiger partial charge on any atom is 0.130 e. The summed E-state index contributed by atoms with van der Waals surface area (Å²) in [5, 5.41) is 0. The zero-order valence-electron chi connectivity index (χ0n) is 10.1. The fourth-order valence-electron chi connectivity index (χ4n) is 2.44. The first-order chi connectivity index (χ1) is 8.24. The second kappa shape index (κ2) is 5.58. The molecule has 1 atom stereocenters. The van der Waals surface area contributed by atoms with Gasteiger partial charge in [-0.1, -0.05) is 18.2 Å². The lowest BCUT2D eigenvalue weighted by Gasteiger charge is -2.30. The van der Waals surface area contributed by atoms with Crippen LogP contribution < -0.4 is 11.3 Å². The van der Waals surface area contributed by atoms with Crippen LogP contribution in [0.4, 0.5) is 4.39 Å². The molecule has 0 radical (unpaired) electrons. The van der Waals surface area contributed by atoms with Crippen LogP contribution in [0, 0.1) is 18.7 Å². The molecule has 1 unspecified atom stereocenters. The normalized spacial score (nSPS) is 19.2.